The van der Waals surface area contributed by atoms with Crippen LogP contribution in [0.1, 0.15) is 17.8 Å². The summed E-state index contributed by atoms with van der Waals surface area (Å²) in [5.41, 5.74) is 0. The lowest BCUT2D eigenvalue weighted by Crippen LogP contribution is -2.23. The van der Waals surface area contributed by atoms with E-state index in [0.29, 0.717) is 28.4 Å². The molecule has 0 amide bonds. The third-order valence-corrected chi connectivity index (χ3v) is 4.55. The Morgan fingerprint density at radius 1 is 1.26 bits per heavy atom. The highest BCUT2D eigenvalue weighted by atomic mass is 35.5. The molecule has 102 valence electrons. The highest BCUT2D eigenvalue weighted by molar-refractivity contribution is 7.10. The molecule has 1 atom stereocenters. The molecular formula is C14H15Cl2NOS. The first-order chi connectivity index (χ1) is 9.18. The highest BCUT2D eigenvalue weighted by Crippen LogP contribution is 2.31. The fourth-order valence-electron chi connectivity index (χ4n) is 1.67. The molecule has 0 radical (unpaired) electrons. The fraction of sp³-hybridized carbons (Fsp3) is 0.286. The van der Waals surface area contributed by atoms with Crippen LogP contribution in [0.2, 0.25) is 10.0 Å². The van der Waals surface area contributed by atoms with Crippen molar-refractivity contribution >= 4 is 34.5 Å². The second-order valence-corrected chi connectivity index (χ2v) is 5.86. The number of rotatable bonds is 6. The SMILES string of the molecule is CC(NCCOc1cccc(Cl)c1Cl)c1cccs1. The Balaban J connectivity index is 1.76. The van der Waals surface area contributed by atoms with Gasteiger partial charge in [0.05, 0.1) is 5.02 Å². The van der Waals surface area contributed by atoms with Crippen molar-refractivity contribution in [2.75, 3.05) is 13.2 Å². The summed E-state index contributed by atoms with van der Waals surface area (Å²) in [7, 11) is 0. The summed E-state index contributed by atoms with van der Waals surface area (Å²) < 4.78 is 5.61. The molecule has 0 fully saturated rings. The molecule has 0 saturated carbocycles. The first-order valence-electron chi connectivity index (χ1n) is 6.02. The monoisotopic (exact) mass is 315 g/mol. The van der Waals surface area contributed by atoms with Crippen molar-refractivity contribution in [1.29, 1.82) is 0 Å². The zero-order valence-electron chi connectivity index (χ0n) is 10.5. The van der Waals surface area contributed by atoms with Gasteiger partial charge >= 0.3 is 0 Å². The Morgan fingerprint density at radius 2 is 2.11 bits per heavy atom. The first-order valence-corrected chi connectivity index (χ1v) is 7.65. The second-order valence-electron chi connectivity index (χ2n) is 4.09. The predicted octanol–water partition coefficient (Wildman–Crippen LogP) is 4.78. The maximum absolute atomic E-state index is 6.04. The third-order valence-electron chi connectivity index (χ3n) is 2.70. The lowest BCUT2D eigenvalue weighted by Gasteiger charge is -2.13. The lowest BCUT2D eigenvalue weighted by molar-refractivity contribution is 0.308. The van der Waals surface area contributed by atoms with E-state index in [2.05, 4.69) is 29.8 Å². The maximum Gasteiger partial charge on any atom is 0.139 e. The number of ether oxygens (including phenoxy) is 1. The molecule has 19 heavy (non-hydrogen) atoms. The number of thiophene rings is 1. The van der Waals surface area contributed by atoms with Crippen LogP contribution in [-0.2, 0) is 0 Å². The average molecular weight is 316 g/mol. The Bertz CT molecular complexity index is 516. The van der Waals surface area contributed by atoms with Gasteiger partial charge in [-0.05, 0) is 30.5 Å². The molecule has 0 spiro atoms. The molecule has 1 heterocycles. The summed E-state index contributed by atoms with van der Waals surface area (Å²) in [6, 6.07) is 9.89. The number of halogens is 2. The summed E-state index contributed by atoms with van der Waals surface area (Å²) in [5, 5.41) is 6.46. The van der Waals surface area contributed by atoms with Crippen LogP contribution in [0.4, 0.5) is 0 Å². The van der Waals surface area contributed by atoms with Gasteiger partial charge in [0.15, 0.2) is 0 Å². The fourth-order valence-corrected chi connectivity index (χ4v) is 2.78. The molecule has 2 nitrogen and oxygen atoms in total. The summed E-state index contributed by atoms with van der Waals surface area (Å²) >= 11 is 13.7. The third kappa shape index (κ3) is 4.11. The van der Waals surface area contributed by atoms with E-state index in [1.165, 1.54) is 4.88 Å². The van der Waals surface area contributed by atoms with Crippen molar-refractivity contribution in [1.82, 2.24) is 5.32 Å². The molecule has 0 aliphatic heterocycles. The van der Waals surface area contributed by atoms with E-state index in [4.69, 9.17) is 27.9 Å². The van der Waals surface area contributed by atoms with Gasteiger partial charge in [0, 0.05) is 17.5 Å². The number of hydrogen-bond acceptors (Lipinski definition) is 3. The number of nitrogens with one attached hydrogen (secondary N) is 1. The summed E-state index contributed by atoms with van der Waals surface area (Å²) in [5.74, 6) is 0.625. The normalized spacial score (nSPS) is 12.4. The van der Waals surface area contributed by atoms with Crippen molar-refractivity contribution in [3.63, 3.8) is 0 Å². The predicted molar refractivity (Wildman–Crippen MR) is 82.7 cm³/mol. The van der Waals surface area contributed by atoms with Crippen LogP contribution in [0.15, 0.2) is 35.7 Å². The van der Waals surface area contributed by atoms with Gasteiger partial charge in [-0.15, -0.1) is 11.3 Å². The smallest absolute Gasteiger partial charge is 0.139 e. The van der Waals surface area contributed by atoms with Gasteiger partial charge in [-0.3, -0.25) is 0 Å². The van der Waals surface area contributed by atoms with Crippen molar-refractivity contribution in [2.45, 2.75) is 13.0 Å². The molecule has 2 rings (SSSR count). The van der Waals surface area contributed by atoms with Gasteiger partial charge in [-0.2, -0.15) is 0 Å². The molecule has 5 heteroatoms. The van der Waals surface area contributed by atoms with Gasteiger partial charge in [-0.25, -0.2) is 0 Å². The van der Waals surface area contributed by atoms with Crippen molar-refractivity contribution in [3.05, 3.63) is 50.6 Å². The lowest BCUT2D eigenvalue weighted by atomic mass is 10.3. The van der Waals surface area contributed by atoms with E-state index in [0.717, 1.165) is 6.54 Å². The molecule has 0 aliphatic carbocycles. The topological polar surface area (TPSA) is 21.3 Å². The number of hydrogen-bond donors (Lipinski definition) is 1. The molecule has 2 aromatic rings. The van der Waals surface area contributed by atoms with Crippen molar-refractivity contribution < 1.29 is 4.74 Å². The summed E-state index contributed by atoms with van der Waals surface area (Å²) in [6.07, 6.45) is 0. The van der Waals surface area contributed by atoms with E-state index < -0.39 is 0 Å². The average Bonchev–Trinajstić information content (AvgIpc) is 2.93. The minimum absolute atomic E-state index is 0.332. The number of benzene rings is 1. The van der Waals surface area contributed by atoms with Crippen LogP contribution < -0.4 is 10.1 Å². The molecule has 0 saturated heterocycles. The first kappa shape index (κ1) is 14.7. The van der Waals surface area contributed by atoms with Gasteiger partial charge in [0.1, 0.15) is 17.4 Å². The minimum atomic E-state index is 0.332. The molecule has 0 aliphatic rings. The standard InChI is InChI=1S/C14H15Cl2NOS/c1-10(13-6-3-9-19-13)17-7-8-18-12-5-2-4-11(15)14(12)16/h2-6,9-10,17H,7-8H2,1H3. The molecule has 1 unspecified atom stereocenters. The van der Waals surface area contributed by atoms with E-state index in [1.807, 2.05) is 12.1 Å². The zero-order valence-corrected chi connectivity index (χ0v) is 12.9. The summed E-state index contributed by atoms with van der Waals surface area (Å²) in [4.78, 5) is 1.32. The second kappa shape index (κ2) is 7.15. The van der Waals surface area contributed by atoms with E-state index in [-0.39, 0.29) is 0 Å². The van der Waals surface area contributed by atoms with Crippen LogP contribution in [0, 0.1) is 0 Å². The van der Waals surface area contributed by atoms with Crippen molar-refractivity contribution in [3.8, 4) is 5.75 Å². The minimum Gasteiger partial charge on any atom is -0.491 e. The van der Waals surface area contributed by atoms with Gasteiger partial charge < -0.3 is 10.1 Å². The van der Waals surface area contributed by atoms with Crippen LogP contribution in [0.3, 0.4) is 0 Å². The van der Waals surface area contributed by atoms with Crippen LogP contribution >= 0.6 is 34.5 Å². The van der Waals surface area contributed by atoms with E-state index in [1.54, 1.807) is 17.4 Å². The maximum atomic E-state index is 6.04. The highest BCUT2D eigenvalue weighted by Gasteiger charge is 2.07. The zero-order chi connectivity index (χ0) is 13.7. The Labute approximate surface area is 127 Å². The van der Waals surface area contributed by atoms with E-state index >= 15 is 0 Å². The van der Waals surface area contributed by atoms with Gasteiger partial charge in [0.25, 0.3) is 0 Å². The van der Waals surface area contributed by atoms with Crippen LogP contribution in [0.5, 0.6) is 5.75 Å². The molecule has 1 N–H and O–H groups in total. The summed E-state index contributed by atoms with van der Waals surface area (Å²) in [6.45, 7) is 3.44. The Kier molecular flexibility index (Phi) is 5.52. The van der Waals surface area contributed by atoms with Crippen LogP contribution in [-0.4, -0.2) is 13.2 Å². The van der Waals surface area contributed by atoms with Crippen molar-refractivity contribution in [2.24, 2.45) is 0 Å². The van der Waals surface area contributed by atoms with Gasteiger partial charge in [0.2, 0.25) is 0 Å². The molecular weight excluding hydrogens is 301 g/mol. The quantitative estimate of drug-likeness (QED) is 0.774. The van der Waals surface area contributed by atoms with Crippen LogP contribution in [0.25, 0.3) is 0 Å². The van der Waals surface area contributed by atoms with Gasteiger partial charge in [-0.1, -0.05) is 35.3 Å². The Hall–Kier alpha value is -0.740. The molecule has 1 aromatic heterocycles. The van der Waals surface area contributed by atoms with E-state index in [9.17, 15) is 0 Å². The molecule has 1 aromatic carbocycles. The molecule has 0 bridgehead atoms. The largest absolute Gasteiger partial charge is 0.491 e. The Morgan fingerprint density at radius 3 is 2.84 bits per heavy atom.